The van der Waals surface area contributed by atoms with Crippen molar-refractivity contribution in [2.24, 2.45) is 7.05 Å². The van der Waals surface area contributed by atoms with Crippen molar-refractivity contribution in [1.82, 2.24) is 14.5 Å². The van der Waals surface area contributed by atoms with Gasteiger partial charge in [-0.1, -0.05) is 30.3 Å². The number of nitrogens with zero attached hydrogens (tertiary/aromatic N) is 5. The zero-order valence-corrected chi connectivity index (χ0v) is 14.1. The van der Waals surface area contributed by atoms with E-state index in [-0.39, 0.29) is 11.9 Å². The third kappa shape index (κ3) is 3.41. The molecule has 0 spiro atoms. The largest absolute Gasteiger partial charge is 0.406 e. The van der Waals surface area contributed by atoms with Gasteiger partial charge in [-0.3, -0.25) is 9.47 Å². The molecule has 1 aliphatic rings. The first kappa shape index (κ1) is 16.4. The molecular formula is C17H23N5O2. The average Bonchev–Trinajstić information content (AvgIpc) is 2.84. The summed E-state index contributed by atoms with van der Waals surface area (Å²) in [6, 6.07) is 10.6. The van der Waals surface area contributed by atoms with Gasteiger partial charge in [0.15, 0.2) is 0 Å². The fourth-order valence-corrected chi connectivity index (χ4v) is 3.42. The SMILES string of the molecule is C[C@H]1CN(Cc2ccccc2)CCCN1c1c([N+](=O)[O-])ncn1C. The Kier molecular flexibility index (Phi) is 4.80. The van der Waals surface area contributed by atoms with Crippen LogP contribution >= 0.6 is 0 Å². The van der Waals surface area contributed by atoms with Crippen molar-refractivity contribution >= 4 is 11.6 Å². The molecule has 24 heavy (non-hydrogen) atoms. The van der Waals surface area contributed by atoms with E-state index in [0.717, 1.165) is 32.6 Å². The Bertz CT molecular complexity index is 700. The molecule has 0 unspecified atom stereocenters. The van der Waals surface area contributed by atoms with Crippen molar-refractivity contribution in [3.8, 4) is 0 Å². The van der Waals surface area contributed by atoms with Gasteiger partial charge in [0, 0.05) is 39.3 Å². The molecule has 2 heterocycles. The lowest BCUT2D eigenvalue weighted by Crippen LogP contribution is -2.40. The van der Waals surface area contributed by atoms with Crippen LogP contribution in [0.3, 0.4) is 0 Å². The number of nitro groups is 1. The Balaban J connectivity index is 1.77. The molecule has 0 amide bonds. The van der Waals surface area contributed by atoms with E-state index in [1.54, 1.807) is 4.57 Å². The highest BCUT2D eigenvalue weighted by molar-refractivity contribution is 5.55. The van der Waals surface area contributed by atoms with Crippen LogP contribution in [0.25, 0.3) is 0 Å². The molecule has 3 rings (SSSR count). The van der Waals surface area contributed by atoms with Gasteiger partial charge >= 0.3 is 5.82 Å². The van der Waals surface area contributed by atoms with Crippen molar-refractivity contribution in [3.05, 3.63) is 52.3 Å². The topological polar surface area (TPSA) is 67.4 Å². The summed E-state index contributed by atoms with van der Waals surface area (Å²) in [5, 5.41) is 11.3. The normalized spacial score (nSPS) is 19.2. The second-order valence-electron chi connectivity index (χ2n) is 6.38. The van der Waals surface area contributed by atoms with Crippen molar-refractivity contribution in [3.63, 3.8) is 0 Å². The monoisotopic (exact) mass is 329 g/mol. The van der Waals surface area contributed by atoms with E-state index in [4.69, 9.17) is 0 Å². The van der Waals surface area contributed by atoms with Crippen LogP contribution in [0.2, 0.25) is 0 Å². The Morgan fingerprint density at radius 1 is 1.29 bits per heavy atom. The highest BCUT2D eigenvalue weighted by Gasteiger charge is 2.30. The Hall–Kier alpha value is -2.41. The van der Waals surface area contributed by atoms with E-state index in [1.807, 2.05) is 13.1 Å². The van der Waals surface area contributed by atoms with Crippen LogP contribution in [0.4, 0.5) is 11.6 Å². The van der Waals surface area contributed by atoms with Gasteiger partial charge in [-0.25, -0.2) is 0 Å². The van der Waals surface area contributed by atoms with Crippen molar-refractivity contribution in [2.75, 3.05) is 24.5 Å². The van der Waals surface area contributed by atoms with E-state index in [2.05, 4.69) is 46.0 Å². The second kappa shape index (κ2) is 7.00. The van der Waals surface area contributed by atoms with Crippen molar-refractivity contribution < 1.29 is 4.92 Å². The summed E-state index contributed by atoms with van der Waals surface area (Å²) in [4.78, 5) is 19.4. The van der Waals surface area contributed by atoms with Crippen LogP contribution in [-0.4, -0.2) is 45.1 Å². The lowest BCUT2D eigenvalue weighted by Gasteiger charge is -2.30. The van der Waals surface area contributed by atoms with Crippen LogP contribution in [0.5, 0.6) is 0 Å². The van der Waals surface area contributed by atoms with Gasteiger partial charge in [0.05, 0.1) is 0 Å². The Morgan fingerprint density at radius 3 is 2.75 bits per heavy atom. The number of anilines is 1. The first-order chi connectivity index (χ1) is 11.6. The molecule has 0 bridgehead atoms. The lowest BCUT2D eigenvalue weighted by molar-refractivity contribution is -0.388. The minimum absolute atomic E-state index is 0.0548. The standard InChI is InChI=1S/C17H23N5O2/c1-14-11-20(12-15-7-4-3-5-8-15)9-6-10-21(14)17-16(22(23)24)18-13-19(17)2/h3-5,7-8,13-14H,6,9-12H2,1-2H3/t14-/m0/s1. The van der Waals surface area contributed by atoms with Gasteiger partial charge in [-0.05, 0) is 28.8 Å². The summed E-state index contributed by atoms with van der Waals surface area (Å²) in [5.74, 6) is 0.551. The quantitative estimate of drug-likeness (QED) is 0.636. The zero-order valence-electron chi connectivity index (χ0n) is 14.1. The Labute approximate surface area is 141 Å². The number of rotatable bonds is 4. The summed E-state index contributed by atoms with van der Waals surface area (Å²) in [6.07, 6.45) is 2.49. The van der Waals surface area contributed by atoms with Crippen molar-refractivity contribution in [1.29, 1.82) is 0 Å². The molecule has 1 aromatic heterocycles. The minimum Gasteiger partial charge on any atom is -0.358 e. The number of aromatic nitrogens is 2. The van der Waals surface area contributed by atoms with Crippen LogP contribution in [0.15, 0.2) is 36.7 Å². The van der Waals surface area contributed by atoms with Crippen LogP contribution < -0.4 is 4.90 Å². The molecule has 2 aromatic rings. The maximum atomic E-state index is 11.3. The minimum atomic E-state index is -0.394. The van der Waals surface area contributed by atoms with Crippen molar-refractivity contribution in [2.45, 2.75) is 25.9 Å². The molecule has 7 heteroatoms. The van der Waals surface area contributed by atoms with Gasteiger partial charge in [0.25, 0.3) is 0 Å². The molecule has 1 aromatic carbocycles. The predicted molar refractivity (Wildman–Crippen MR) is 93.0 cm³/mol. The summed E-state index contributed by atoms with van der Waals surface area (Å²) >= 11 is 0. The molecule has 1 saturated heterocycles. The average molecular weight is 329 g/mol. The molecule has 0 aliphatic carbocycles. The third-order valence-corrected chi connectivity index (χ3v) is 4.51. The molecule has 0 saturated carbocycles. The number of imidazole rings is 1. The second-order valence-corrected chi connectivity index (χ2v) is 6.38. The molecule has 0 radical (unpaired) electrons. The highest BCUT2D eigenvalue weighted by Crippen LogP contribution is 2.29. The summed E-state index contributed by atoms with van der Waals surface area (Å²) < 4.78 is 1.75. The summed E-state index contributed by atoms with van der Waals surface area (Å²) in [5.41, 5.74) is 1.30. The summed E-state index contributed by atoms with van der Waals surface area (Å²) in [6.45, 7) is 5.69. The number of hydrogen-bond acceptors (Lipinski definition) is 5. The van der Waals surface area contributed by atoms with Gasteiger partial charge < -0.3 is 15.0 Å². The molecule has 1 fully saturated rings. The fraction of sp³-hybridized carbons (Fsp3) is 0.471. The smallest absolute Gasteiger partial charge is 0.358 e. The first-order valence-electron chi connectivity index (χ1n) is 8.25. The lowest BCUT2D eigenvalue weighted by atomic mass is 10.2. The first-order valence-corrected chi connectivity index (χ1v) is 8.25. The van der Waals surface area contributed by atoms with Gasteiger partial charge in [0.1, 0.15) is 0 Å². The van der Waals surface area contributed by atoms with Crippen LogP contribution in [-0.2, 0) is 13.6 Å². The fourth-order valence-electron chi connectivity index (χ4n) is 3.42. The predicted octanol–water partition coefficient (Wildman–Crippen LogP) is 2.43. The van der Waals surface area contributed by atoms with Crippen LogP contribution in [0, 0.1) is 10.1 Å². The molecule has 128 valence electrons. The highest BCUT2D eigenvalue weighted by atomic mass is 16.6. The van der Waals surface area contributed by atoms with E-state index in [0.29, 0.717) is 5.82 Å². The van der Waals surface area contributed by atoms with Crippen LogP contribution in [0.1, 0.15) is 18.9 Å². The summed E-state index contributed by atoms with van der Waals surface area (Å²) in [7, 11) is 1.81. The molecule has 1 atom stereocenters. The number of hydrogen-bond donors (Lipinski definition) is 0. The molecule has 7 nitrogen and oxygen atoms in total. The van der Waals surface area contributed by atoms with Gasteiger partial charge in [0.2, 0.25) is 12.1 Å². The van der Waals surface area contributed by atoms with Gasteiger partial charge in [-0.2, -0.15) is 0 Å². The number of benzene rings is 1. The molecule has 0 N–H and O–H groups in total. The Morgan fingerprint density at radius 2 is 2.04 bits per heavy atom. The molecule has 1 aliphatic heterocycles. The zero-order chi connectivity index (χ0) is 17.1. The maximum Gasteiger partial charge on any atom is 0.406 e. The number of aryl methyl sites for hydroxylation is 1. The van der Waals surface area contributed by atoms with E-state index in [1.165, 1.54) is 11.9 Å². The van der Waals surface area contributed by atoms with E-state index < -0.39 is 4.92 Å². The van der Waals surface area contributed by atoms with E-state index >= 15 is 0 Å². The van der Waals surface area contributed by atoms with Gasteiger partial charge in [-0.15, -0.1) is 0 Å². The molecular weight excluding hydrogens is 306 g/mol. The maximum absolute atomic E-state index is 11.3. The van der Waals surface area contributed by atoms with E-state index in [9.17, 15) is 10.1 Å². The third-order valence-electron chi connectivity index (χ3n) is 4.51.